The van der Waals surface area contributed by atoms with Crippen molar-refractivity contribution < 1.29 is 23.9 Å². The second-order valence-corrected chi connectivity index (χ2v) is 8.62. The van der Waals surface area contributed by atoms with E-state index in [4.69, 9.17) is 20.9 Å². The van der Waals surface area contributed by atoms with Crippen LogP contribution in [0.5, 0.6) is 0 Å². The Morgan fingerprint density at radius 3 is 1.43 bits per heavy atom. The number of carbonyl (C=O) groups excluding carboxylic acids is 3. The minimum atomic E-state index is -1.51. The van der Waals surface area contributed by atoms with E-state index in [1.165, 1.54) is 4.90 Å². The molecule has 8 nitrogen and oxygen atoms in total. The molecule has 0 aromatic carbocycles. The highest BCUT2D eigenvalue weighted by Gasteiger charge is 2.36. The Bertz CT molecular complexity index is 527. The Kier molecular flexibility index (Phi) is 10.0. The third-order valence-corrected chi connectivity index (χ3v) is 6.75. The molecule has 0 radical (unpaired) electrons. The summed E-state index contributed by atoms with van der Waals surface area (Å²) in [5.41, 5.74) is 11.4. The van der Waals surface area contributed by atoms with Crippen molar-refractivity contribution in [3.05, 3.63) is 0 Å². The normalized spacial score (nSPS) is 27.7. The largest absolute Gasteiger partial charge is 0.415 e. The Hall–Kier alpha value is -1.67. The summed E-state index contributed by atoms with van der Waals surface area (Å²) >= 11 is 0. The molecule has 0 atom stereocenters. The van der Waals surface area contributed by atoms with Crippen molar-refractivity contribution in [2.75, 3.05) is 26.2 Å². The van der Waals surface area contributed by atoms with Crippen LogP contribution in [0.3, 0.4) is 0 Å². The summed E-state index contributed by atoms with van der Waals surface area (Å²) in [6.45, 7) is 5.81. The first-order valence-corrected chi connectivity index (χ1v) is 11.5. The quantitative estimate of drug-likeness (QED) is 0.426. The highest BCUT2D eigenvalue weighted by atomic mass is 16.7. The molecular weight excluding hydrogens is 386 g/mol. The minimum absolute atomic E-state index is 0.279. The summed E-state index contributed by atoms with van der Waals surface area (Å²) in [7, 11) is 0. The fourth-order valence-electron chi connectivity index (χ4n) is 4.48. The molecule has 2 fully saturated rings. The van der Waals surface area contributed by atoms with Crippen LogP contribution < -0.4 is 11.5 Å². The standard InChI is InChI=1S/C22H39N3O5/c1-3-25(4-2)19(26)22(29-20(27)17-9-5-15(13-23)6-10-17)30-21(28)18-11-7-16(14-24)8-12-18/h15-18,22H,3-14,23-24H2,1-2H3. The van der Waals surface area contributed by atoms with Crippen LogP contribution in [-0.2, 0) is 23.9 Å². The van der Waals surface area contributed by atoms with Crippen molar-refractivity contribution >= 4 is 17.8 Å². The lowest BCUT2D eigenvalue weighted by atomic mass is 9.82. The third kappa shape index (κ3) is 6.67. The maximum absolute atomic E-state index is 12.9. The zero-order valence-corrected chi connectivity index (χ0v) is 18.5. The number of hydrogen-bond acceptors (Lipinski definition) is 7. The van der Waals surface area contributed by atoms with Gasteiger partial charge < -0.3 is 25.8 Å². The van der Waals surface area contributed by atoms with Crippen LogP contribution in [0.4, 0.5) is 0 Å². The Morgan fingerprint density at radius 2 is 1.13 bits per heavy atom. The smallest absolute Gasteiger partial charge is 0.326 e. The van der Waals surface area contributed by atoms with Crippen molar-refractivity contribution in [2.24, 2.45) is 35.1 Å². The molecule has 8 heteroatoms. The van der Waals surface area contributed by atoms with Crippen LogP contribution in [0, 0.1) is 23.7 Å². The number of likely N-dealkylation sites (N-methyl/N-ethyl adjacent to an activating group) is 1. The van der Waals surface area contributed by atoms with Gasteiger partial charge in [-0.05, 0) is 90.1 Å². The van der Waals surface area contributed by atoms with Gasteiger partial charge in [0.25, 0.3) is 0 Å². The van der Waals surface area contributed by atoms with E-state index in [9.17, 15) is 14.4 Å². The summed E-state index contributed by atoms with van der Waals surface area (Å²) in [4.78, 5) is 39.8. The van der Waals surface area contributed by atoms with Crippen molar-refractivity contribution in [1.29, 1.82) is 0 Å². The van der Waals surface area contributed by atoms with Crippen LogP contribution in [0.15, 0.2) is 0 Å². The summed E-state index contributed by atoms with van der Waals surface area (Å²) < 4.78 is 11.0. The molecule has 0 aromatic heterocycles. The van der Waals surface area contributed by atoms with Gasteiger partial charge >= 0.3 is 24.1 Å². The van der Waals surface area contributed by atoms with Crippen LogP contribution in [0.2, 0.25) is 0 Å². The zero-order chi connectivity index (χ0) is 22.1. The minimum Gasteiger partial charge on any atom is -0.415 e. The van der Waals surface area contributed by atoms with Crippen LogP contribution in [-0.4, -0.2) is 55.2 Å². The summed E-state index contributed by atoms with van der Waals surface area (Å²) in [6.07, 6.45) is 4.71. The van der Waals surface area contributed by atoms with Gasteiger partial charge in [0.15, 0.2) is 0 Å². The third-order valence-electron chi connectivity index (χ3n) is 6.75. The fraction of sp³-hybridized carbons (Fsp3) is 0.864. The van der Waals surface area contributed by atoms with Gasteiger partial charge in [-0.15, -0.1) is 0 Å². The topological polar surface area (TPSA) is 125 Å². The second-order valence-electron chi connectivity index (χ2n) is 8.62. The molecule has 0 aliphatic heterocycles. The number of ether oxygens (including phenoxy) is 2. The number of carbonyl (C=O) groups is 3. The number of hydrogen-bond donors (Lipinski definition) is 2. The molecule has 2 aliphatic carbocycles. The molecule has 30 heavy (non-hydrogen) atoms. The summed E-state index contributed by atoms with van der Waals surface area (Å²) in [6, 6.07) is 0. The number of nitrogens with two attached hydrogens (primary N) is 2. The van der Waals surface area contributed by atoms with Gasteiger partial charge in [0.1, 0.15) is 0 Å². The van der Waals surface area contributed by atoms with E-state index in [1.807, 2.05) is 13.8 Å². The van der Waals surface area contributed by atoms with Crippen LogP contribution >= 0.6 is 0 Å². The van der Waals surface area contributed by atoms with Gasteiger partial charge in [-0.25, -0.2) is 0 Å². The lowest BCUT2D eigenvalue weighted by molar-refractivity contribution is -0.202. The average Bonchev–Trinajstić information content (AvgIpc) is 2.79. The van der Waals surface area contributed by atoms with Crippen LogP contribution in [0.1, 0.15) is 65.2 Å². The Labute approximate surface area is 180 Å². The maximum atomic E-state index is 12.9. The molecule has 172 valence electrons. The monoisotopic (exact) mass is 425 g/mol. The molecule has 1 amide bonds. The fourth-order valence-corrected chi connectivity index (χ4v) is 4.48. The van der Waals surface area contributed by atoms with E-state index in [0.717, 1.165) is 25.7 Å². The Morgan fingerprint density at radius 1 is 0.767 bits per heavy atom. The van der Waals surface area contributed by atoms with E-state index >= 15 is 0 Å². The molecule has 0 spiro atoms. The van der Waals surface area contributed by atoms with E-state index in [2.05, 4.69) is 0 Å². The van der Waals surface area contributed by atoms with Crippen molar-refractivity contribution in [2.45, 2.75) is 71.5 Å². The first-order valence-electron chi connectivity index (χ1n) is 11.5. The number of esters is 2. The molecule has 0 aromatic rings. The maximum Gasteiger partial charge on any atom is 0.326 e. The molecular formula is C22H39N3O5. The predicted molar refractivity (Wildman–Crippen MR) is 113 cm³/mol. The highest BCUT2D eigenvalue weighted by Crippen LogP contribution is 2.31. The molecule has 0 bridgehead atoms. The molecule has 4 N–H and O–H groups in total. The van der Waals surface area contributed by atoms with Crippen LogP contribution in [0.25, 0.3) is 0 Å². The first-order chi connectivity index (χ1) is 14.4. The van der Waals surface area contributed by atoms with E-state index in [-0.39, 0.29) is 11.8 Å². The van der Waals surface area contributed by atoms with Crippen molar-refractivity contribution in [3.63, 3.8) is 0 Å². The first kappa shape index (κ1) is 24.6. The molecule has 0 heterocycles. The van der Waals surface area contributed by atoms with Gasteiger partial charge in [0, 0.05) is 13.1 Å². The average molecular weight is 426 g/mol. The second kappa shape index (κ2) is 12.2. The van der Waals surface area contributed by atoms with Gasteiger partial charge in [-0.2, -0.15) is 0 Å². The van der Waals surface area contributed by atoms with E-state index < -0.39 is 24.1 Å². The number of amides is 1. The zero-order valence-electron chi connectivity index (χ0n) is 18.5. The van der Waals surface area contributed by atoms with Gasteiger partial charge in [-0.1, -0.05) is 0 Å². The lowest BCUT2D eigenvalue weighted by Crippen LogP contribution is -2.45. The lowest BCUT2D eigenvalue weighted by Gasteiger charge is -2.30. The predicted octanol–water partition coefficient (Wildman–Crippen LogP) is 1.80. The van der Waals surface area contributed by atoms with Gasteiger partial charge in [0.05, 0.1) is 11.8 Å². The number of rotatable bonds is 9. The molecule has 0 saturated heterocycles. The Balaban J connectivity index is 2.00. The number of nitrogens with zero attached hydrogens (tertiary/aromatic N) is 1. The summed E-state index contributed by atoms with van der Waals surface area (Å²) in [5.74, 6) is -1.09. The van der Waals surface area contributed by atoms with Gasteiger partial charge in [-0.3, -0.25) is 14.4 Å². The SMILES string of the molecule is CCN(CC)C(=O)C(OC(=O)C1CCC(CN)CC1)OC(=O)C1CCC(CN)CC1. The van der Waals surface area contributed by atoms with Crippen molar-refractivity contribution in [3.8, 4) is 0 Å². The molecule has 0 unspecified atom stereocenters. The molecule has 2 saturated carbocycles. The van der Waals surface area contributed by atoms with E-state index in [0.29, 0.717) is 63.7 Å². The highest BCUT2D eigenvalue weighted by molar-refractivity contribution is 5.86. The molecule has 2 aliphatic rings. The van der Waals surface area contributed by atoms with E-state index in [1.54, 1.807) is 0 Å². The van der Waals surface area contributed by atoms with Gasteiger partial charge in [0.2, 0.25) is 0 Å². The summed E-state index contributed by atoms with van der Waals surface area (Å²) in [5, 5.41) is 0. The molecule has 2 rings (SSSR count). The van der Waals surface area contributed by atoms with Crippen molar-refractivity contribution in [1.82, 2.24) is 4.90 Å².